The van der Waals surface area contributed by atoms with Crippen molar-refractivity contribution in [3.63, 3.8) is 0 Å². The summed E-state index contributed by atoms with van der Waals surface area (Å²) in [4.78, 5) is 5.06. The Bertz CT molecular complexity index is 1370. The zero-order chi connectivity index (χ0) is 27.9. The van der Waals surface area contributed by atoms with Crippen LogP contribution in [0.15, 0.2) is 80.0 Å². The quantitative estimate of drug-likeness (QED) is 0.115. The summed E-state index contributed by atoms with van der Waals surface area (Å²) >= 11 is 3.22. The lowest BCUT2D eigenvalue weighted by Crippen LogP contribution is -2.37. The predicted octanol–water partition coefficient (Wildman–Crippen LogP) is 8.88. The van der Waals surface area contributed by atoms with E-state index in [1.54, 1.807) is 22.7 Å². The van der Waals surface area contributed by atoms with E-state index in [1.807, 2.05) is 23.2 Å². The first kappa shape index (κ1) is 33.0. The van der Waals surface area contributed by atoms with Crippen LogP contribution in [0.1, 0.15) is 37.8 Å². The van der Waals surface area contributed by atoms with Crippen molar-refractivity contribution in [3.05, 3.63) is 85.5 Å². The minimum atomic E-state index is 0. The van der Waals surface area contributed by atoms with Crippen LogP contribution in [0.3, 0.4) is 0 Å². The van der Waals surface area contributed by atoms with Crippen molar-refractivity contribution >= 4 is 55.7 Å². The molecule has 0 unspecified atom stereocenters. The highest BCUT2D eigenvalue weighted by molar-refractivity contribution is 7.13. The highest BCUT2D eigenvalue weighted by Gasteiger charge is 2.18. The molecule has 10 heteroatoms. The van der Waals surface area contributed by atoms with Crippen LogP contribution in [0.2, 0.25) is 0 Å². The first-order valence-electron chi connectivity index (χ1n) is 14.0. The van der Waals surface area contributed by atoms with Gasteiger partial charge in [-0.2, -0.15) is 0 Å². The lowest BCUT2D eigenvalue weighted by molar-refractivity contribution is -0.677. The predicted molar refractivity (Wildman–Crippen MR) is 178 cm³/mol. The molecule has 5 rings (SSSR count). The molecule has 0 saturated carbocycles. The molecule has 2 aromatic carbocycles. The van der Waals surface area contributed by atoms with Crippen molar-refractivity contribution in [3.8, 4) is 0 Å². The van der Waals surface area contributed by atoms with E-state index < -0.39 is 0 Å². The summed E-state index contributed by atoms with van der Waals surface area (Å²) in [6.45, 7) is 14.5. The largest absolute Gasteiger partial charge is 0.408 e. The van der Waals surface area contributed by atoms with Crippen LogP contribution < -0.4 is 18.9 Å². The second-order valence-electron chi connectivity index (χ2n) is 9.97. The number of nitrogens with zero attached hydrogens (tertiary/aromatic N) is 8. The van der Waals surface area contributed by atoms with Gasteiger partial charge in [0.15, 0.2) is 0 Å². The van der Waals surface area contributed by atoms with Crippen LogP contribution in [0, 0.1) is 28.7 Å². The average molecular weight is 605 g/mol. The molecule has 1 saturated heterocycles. The molecule has 42 heavy (non-hydrogen) atoms. The zero-order valence-electron chi connectivity index (χ0n) is 25.8. The topological polar surface area (TPSA) is 63.7 Å². The SMILES string of the molecule is CC[n+]1ccsc1N=Nc1ccc(N2CCCN(c3ccc(N=Nc4scc[n+]4CC)cc3C)CCC2)c(C)c1.[CH3-].[CH3-]. The second-order valence-corrected chi connectivity index (χ2v) is 11.7. The fraction of sp³-hybridized carbons (Fsp3) is 0.375. The number of hydrogen-bond donors (Lipinski definition) is 0. The van der Waals surface area contributed by atoms with E-state index in [1.165, 1.54) is 22.5 Å². The van der Waals surface area contributed by atoms with Gasteiger partial charge in [0.1, 0.15) is 23.8 Å². The number of hydrogen-bond acceptors (Lipinski definition) is 8. The summed E-state index contributed by atoms with van der Waals surface area (Å²) in [6, 6.07) is 12.9. The third-order valence-corrected chi connectivity index (χ3v) is 8.83. The summed E-state index contributed by atoms with van der Waals surface area (Å²) in [5.41, 5.74) is 6.89. The molecule has 1 aliphatic rings. The number of anilines is 2. The molecule has 1 fully saturated rings. The van der Waals surface area contributed by atoms with Gasteiger partial charge in [-0.15, -0.1) is 0 Å². The van der Waals surface area contributed by atoms with Gasteiger partial charge >= 0.3 is 10.3 Å². The number of thiazole rings is 2. The summed E-state index contributed by atoms with van der Waals surface area (Å²) < 4.78 is 4.21. The highest BCUT2D eigenvalue weighted by atomic mass is 32.1. The third-order valence-electron chi connectivity index (χ3n) is 7.26. The molecular weight excluding hydrogens is 561 g/mol. The van der Waals surface area contributed by atoms with E-state index in [-0.39, 0.29) is 14.9 Å². The summed E-state index contributed by atoms with van der Waals surface area (Å²) in [6.07, 6.45) is 6.31. The molecule has 0 bridgehead atoms. The van der Waals surface area contributed by atoms with Gasteiger partial charge in [0.25, 0.3) is 0 Å². The molecule has 0 atom stereocenters. The number of rotatable bonds is 8. The van der Waals surface area contributed by atoms with Crippen LogP contribution in [0.5, 0.6) is 0 Å². The van der Waals surface area contributed by atoms with Gasteiger partial charge in [0, 0.05) is 48.3 Å². The van der Waals surface area contributed by atoms with Gasteiger partial charge in [-0.25, -0.2) is 9.13 Å². The van der Waals surface area contributed by atoms with Gasteiger partial charge in [0.2, 0.25) is 0 Å². The summed E-state index contributed by atoms with van der Waals surface area (Å²) in [7, 11) is 0. The normalized spacial score (nSPS) is 14.1. The van der Waals surface area contributed by atoms with Crippen molar-refractivity contribution < 1.29 is 9.13 Å². The molecule has 0 N–H and O–H groups in total. The molecule has 0 radical (unpaired) electrons. The Kier molecular flexibility index (Phi) is 12.3. The van der Waals surface area contributed by atoms with Crippen molar-refractivity contribution in [1.29, 1.82) is 0 Å². The number of benzene rings is 2. The lowest BCUT2D eigenvalue weighted by atomic mass is 10.1. The standard InChI is InChI=1S/C30H38N8S2.2CH3/c1-5-35-17-19-39-29(35)33-31-25-9-11-27(23(3)21-25)37-13-7-15-38(16-8-14-37)28-12-10-26(22-24(28)4)32-34-30-36(6-2)18-20-40-30;;/h9-12,17-22H,5-8,13-16H2,1-4H3;2*1H3/q+2;2*-1. The van der Waals surface area contributed by atoms with Gasteiger partial charge in [-0.1, -0.05) is 0 Å². The Morgan fingerprint density at radius 1 is 0.643 bits per heavy atom. The van der Waals surface area contributed by atoms with Crippen LogP contribution in [0.25, 0.3) is 0 Å². The number of azo groups is 2. The van der Waals surface area contributed by atoms with E-state index in [4.69, 9.17) is 0 Å². The van der Waals surface area contributed by atoms with Gasteiger partial charge in [0.05, 0.1) is 23.3 Å². The van der Waals surface area contributed by atoms with Crippen LogP contribution in [-0.4, -0.2) is 26.2 Å². The van der Waals surface area contributed by atoms with Crippen molar-refractivity contribution in [2.45, 2.75) is 53.6 Å². The first-order chi connectivity index (χ1) is 19.6. The van der Waals surface area contributed by atoms with Crippen LogP contribution in [-0.2, 0) is 13.1 Å². The van der Waals surface area contributed by atoms with Crippen molar-refractivity contribution in [1.82, 2.24) is 0 Å². The highest BCUT2D eigenvalue weighted by Crippen LogP contribution is 2.30. The van der Waals surface area contributed by atoms with Gasteiger partial charge in [-0.3, -0.25) is 0 Å². The Hall–Kier alpha value is -3.50. The molecule has 3 heterocycles. The molecule has 2 aromatic heterocycles. The minimum Gasteiger partial charge on any atom is -0.371 e. The maximum absolute atomic E-state index is 4.50. The molecule has 0 spiro atoms. The Morgan fingerprint density at radius 3 is 1.40 bits per heavy atom. The fourth-order valence-electron chi connectivity index (χ4n) is 5.16. The van der Waals surface area contributed by atoms with Crippen molar-refractivity contribution in [2.24, 2.45) is 20.5 Å². The average Bonchev–Trinajstić information content (AvgIpc) is 3.60. The maximum atomic E-state index is 4.50. The minimum absolute atomic E-state index is 0. The van der Waals surface area contributed by atoms with E-state index in [9.17, 15) is 0 Å². The van der Waals surface area contributed by atoms with Crippen LogP contribution >= 0.6 is 22.7 Å². The van der Waals surface area contributed by atoms with Crippen molar-refractivity contribution in [2.75, 3.05) is 36.0 Å². The van der Waals surface area contributed by atoms with E-state index in [0.717, 1.165) is 73.7 Å². The fourth-order valence-corrected chi connectivity index (χ4v) is 6.65. The Balaban J connectivity index is 0.00000242. The van der Waals surface area contributed by atoms with Gasteiger partial charge in [-0.05, 0) is 121 Å². The molecule has 0 amide bonds. The van der Waals surface area contributed by atoms with E-state index >= 15 is 0 Å². The van der Waals surface area contributed by atoms with E-state index in [0.29, 0.717) is 0 Å². The lowest BCUT2D eigenvalue weighted by Gasteiger charge is -2.34. The Morgan fingerprint density at radius 2 is 1.05 bits per heavy atom. The Labute approximate surface area is 259 Å². The first-order valence-corrected chi connectivity index (χ1v) is 15.8. The monoisotopic (exact) mass is 604 g/mol. The molecule has 1 aliphatic heterocycles. The molecule has 4 aromatic rings. The summed E-state index contributed by atoms with van der Waals surface area (Å²) in [5.74, 6) is 0. The zero-order valence-corrected chi connectivity index (χ0v) is 27.5. The third kappa shape index (κ3) is 7.86. The number of aryl methyl sites for hydroxylation is 4. The molecule has 224 valence electrons. The maximum Gasteiger partial charge on any atom is 0.408 e. The molecule has 8 nitrogen and oxygen atoms in total. The number of aromatic nitrogens is 2. The summed E-state index contributed by atoms with van der Waals surface area (Å²) in [5, 5.41) is 23.9. The molecule has 0 aliphatic carbocycles. The second kappa shape index (κ2) is 15.7. The van der Waals surface area contributed by atoms with Crippen LogP contribution in [0.4, 0.5) is 33.0 Å². The smallest absolute Gasteiger partial charge is 0.371 e. The van der Waals surface area contributed by atoms with Gasteiger partial charge < -0.3 is 24.7 Å². The molecular formula is C32H44N8S2. The van der Waals surface area contributed by atoms with E-state index in [2.05, 4.69) is 103 Å².